The summed E-state index contributed by atoms with van der Waals surface area (Å²) in [7, 11) is 0. The highest BCUT2D eigenvalue weighted by Crippen LogP contribution is 2.13. The van der Waals surface area contributed by atoms with Gasteiger partial charge in [0.2, 0.25) is 0 Å². The molecule has 4 heteroatoms. The summed E-state index contributed by atoms with van der Waals surface area (Å²) < 4.78 is 0. The average Bonchev–Trinajstić information content (AvgIpc) is 2.60. The topological polar surface area (TPSA) is 24.7 Å². The summed E-state index contributed by atoms with van der Waals surface area (Å²) in [6.07, 6.45) is 26.2. The van der Waals surface area contributed by atoms with E-state index in [0.717, 1.165) is 12.8 Å². The van der Waals surface area contributed by atoms with E-state index < -0.39 is 0 Å². The van der Waals surface area contributed by atoms with Crippen LogP contribution in [0.1, 0.15) is 89.9 Å². The van der Waals surface area contributed by atoms with Gasteiger partial charge in [0.25, 0.3) is 0 Å². The zero-order chi connectivity index (χ0) is 17.6. The number of isothiocyanates is 2. The van der Waals surface area contributed by atoms with Crippen LogP contribution in [0, 0.1) is 0 Å². The molecule has 0 saturated carbocycles. The lowest BCUT2D eigenvalue weighted by atomic mass is 10.0. The summed E-state index contributed by atoms with van der Waals surface area (Å²) in [5.74, 6) is 0. The van der Waals surface area contributed by atoms with Gasteiger partial charge >= 0.3 is 0 Å². The molecule has 0 aromatic rings. The lowest BCUT2D eigenvalue weighted by molar-refractivity contribution is 0.542. The second-order valence-electron chi connectivity index (χ2n) is 6.03. The largest absolute Gasteiger partial charge is 0.203 e. The van der Waals surface area contributed by atoms with Gasteiger partial charge in [-0.15, -0.1) is 0 Å². The SMILES string of the molecule is S=C=NC=CCCCCCCCCCCCCCCC=CN=C=S. The van der Waals surface area contributed by atoms with Gasteiger partial charge in [-0.25, -0.2) is 9.98 Å². The lowest BCUT2D eigenvalue weighted by Gasteiger charge is -2.02. The van der Waals surface area contributed by atoms with Crippen molar-refractivity contribution in [2.24, 2.45) is 9.98 Å². The van der Waals surface area contributed by atoms with Gasteiger partial charge in [0.15, 0.2) is 0 Å². The summed E-state index contributed by atoms with van der Waals surface area (Å²) >= 11 is 8.99. The third kappa shape index (κ3) is 21.1. The Balaban J connectivity index is 3.10. The van der Waals surface area contributed by atoms with E-state index in [1.54, 1.807) is 12.4 Å². The van der Waals surface area contributed by atoms with Crippen LogP contribution in [0.25, 0.3) is 0 Å². The number of nitrogens with zero attached hydrogens (tertiary/aromatic N) is 2. The van der Waals surface area contributed by atoms with E-state index in [9.17, 15) is 0 Å². The molecule has 2 nitrogen and oxygen atoms in total. The molecule has 0 aliphatic carbocycles. The smallest absolute Gasteiger partial charge is 0.0634 e. The van der Waals surface area contributed by atoms with E-state index in [-0.39, 0.29) is 0 Å². The van der Waals surface area contributed by atoms with Crippen molar-refractivity contribution in [1.82, 2.24) is 0 Å². The first-order valence-corrected chi connectivity index (χ1v) is 10.2. The number of thiocarbonyl (C=S) groups is 2. The number of hydrogen-bond donors (Lipinski definition) is 0. The van der Waals surface area contributed by atoms with E-state index in [0.29, 0.717) is 0 Å². The highest BCUT2D eigenvalue weighted by atomic mass is 32.1. The van der Waals surface area contributed by atoms with Crippen LogP contribution in [-0.4, -0.2) is 10.3 Å². The first kappa shape index (κ1) is 23.1. The molecule has 0 unspecified atom stereocenters. The summed E-state index contributed by atoms with van der Waals surface area (Å²) in [4.78, 5) is 7.52. The van der Waals surface area contributed by atoms with E-state index in [1.165, 1.54) is 77.0 Å². The van der Waals surface area contributed by atoms with Crippen LogP contribution in [0.2, 0.25) is 0 Å². The van der Waals surface area contributed by atoms with Gasteiger partial charge in [-0.3, -0.25) is 0 Å². The highest BCUT2D eigenvalue weighted by molar-refractivity contribution is 7.78. The van der Waals surface area contributed by atoms with E-state index in [4.69, 9.17) is 0 Å². The second kappa shape index (κ2) is 22.1. The van der Waals surface area contributed by atoms with Crippen LogP contribution in [0.3, 0.4) is 0 Å². The molecule has 0 amide bonds. The number of allylic oxidation sites excluding steroid dienone is 2. The summed E-state index contributed by atoms with van der Waals surface area (Å²) in [5.41, 5.74) is 0. The van der Waals surface area contributed by atoms with Crippen LogP contribution in [0.5, 0.6) is 0 Å². The molecule has 0 bridgehead atoms. The molecule has 0 N–H and O–H groups in total. The van der Waals surface area contributed by atoms with Gasteiger partial charge in [0.05, 0.1) is 10.3 Å². The first-order chi connectivity index (χ1) is 11.9. The first-order valence-electron chi connectivity index (χ1n) is 9.36. The highest BCUT2D eigenvalue weighted by Gasteiger charge is 1.93. The normalized spacial score (nSPS) is 10.8. The molecule has 24 heavy (non-hydrogen) atoms. The van der Waals surface area contributed by atoms with Crippen molar-refractivity contribution in [3.8, 4) is 0 Å². The Hall–Kier alpha value is -0.920. The summed E-state index contributed by atoms with van der Waals surface area (Å²) in [6.45, 7) is 0. The van der Waals surface area contributed by atoms with Crippen LogP contribution in [0.15, 0.2) is 34.5 Å². The third-order valence-electron chi connectivity index (χ3n) is 3.96. The second-order valence-corrected chi connectivity index (χ2v) is 6.40. The minimum atomic E-state index is 1.11. The zero-order valence-corrected chi connectivity index (χ0v) is 16.6. The number of rotatable bonds is 17. The third-order valence-corrected chi connectivity index (χ3v) is 4.17. The average molecular weight is 365 g/mol. The lowest BCUT2D eigenvalue weighted by Crippen LogP contribution is -1.82. The standard InChI is InChI=1S/C20H32N2S2/c23-19-21-17-15-13-11-9-7-5-3-1-2-4-6-8-10-12-14-16-18-22-20-24/h15-18H,1-14H2. The Bertz CT molecular complexity index is 377. The van der Waals surface area contributed by atoms with Gasteiger partial charge in [0.1, 0.15) is 0 Å². The van der Waals surface area contributed by atoms with E-state index in [1.807, 2.05) is 0 Å². The molecule has 0 aromatic heterocycles. The Morgan fingerprint density at radius 2 is 0.792 bits per heavy atom. The molecule has 0 radical (unpaired) electrons. The molecule has 0 aliphatic rings. The Kier molecular flexibility index (Phi) is 21.2. The van der Waals surface area contributed by atoms with Crippen molar-refractivity contribution >= 4 is 34.8 Å². The molecule has 0 spiro atoms. The Morgan fingerprint density at radius 1 is 0.500 bits per heavy atom. The molecule has 0 rings (SSSR count). The van der Waals surface area contributed by atoms with Gasteiger partial charge in [0, 0.05) is 12.4 Å². The van der Waals surface area contributed by atoms with Crippen molar-refractivity contribution in [3.05, 3.63) is 24.6 Å². The van der Waals surface area contributed by atoms with Crippen LogP contribution in [-0.2, 0) is 0 Å². The number of unbranched alkanes of at least 4 members (excludes halogenated alkanes) is 13. The predicted molar refractivity (Wildman–Crippen MR) is 113 cm³/mol. The minimum Gasteiger partial charge on any atom is -0.203 e. The maximum absolute atomic E-state index is 4.50. The van der Waals surface area contributed by atoms with E-state index >= 15 is 0 Å². The van der Waals surface area contributed by atoms with Crippen LogP contribution >= 0.6 is 24.4 Å². The summed E-state index contributed by atoms with van der Waals surface area (Å²) in [5, 5.41) is 4.67. The van der Waals surface area contributed by atoms with E-state index in [2.05, 4.69) is 56.9 Å². The molecule has 0 fully saturated rings. The van der Waals surface area contributed by atoms with Gasteiger partial charge in [-0.2, -0.15) is 0 Å². The van der Waals surface area contributed by atoms with Crippen molar-refractivity contribution < 1.29 is 0 Å². The monoisotopic (exact) mass is 364 g/mol. The predicted octanol–water partition coefficient (Wildman–Crippen LogP) is 7.68. The van der Waals surface area contributed by atoms with Crippen molar-refractivity contribution in [1.29, 1.82) is 0 Å². The molecule has 0 atom stereocenters. The van der Waals surface area contributed by atoms with Gasteiger partial charge in [-0.05, 0) is 50.1 Å². The fourth-order valence-corrected chi connectivity index (χ4v) is 2.73. The minimum absolute atomic E-state index is 1.11. The molecular weight excluding hydrogens is 332 g/mol. The molecule has 0 aromatic carbocycles. The van der Waals surface area contributed by atoms with Gasteiger partial charge in [-0.1, -0.05) is 76.4 Å². The number of hydrogen-bond acceptors (Lipinski definition) is 4. The van der Waals surface area contributed by atoms with Crippen molar-refractivity contribution in [2.75, 3.05) is 0 Å². The molecular formula is C20H32N2S2. The molecule has 0 aliphatic heterocycles. The van der Waals surface area contributed by atoms with Crippen molar-refractivity contribution in [2.45, 2.75) is 89.9 Å². The Labute approximate surface area is 159 Å². The maximum atomic E-state index is 4.50. The summed E-state index contributed by atoms with van der Waals surface area (Å²) in [6, 6.07) is 0. The zero-order valence-electron chi connectivity index (χ0n) is 14.9. The molecule has 0 saturated heterocycles. The fraction of sp³-hybridized carbons (Fsp3) is 0.700. The molecule has 0 heterocycles. The number of aliphatic imine (C=N–C) groups is 2. The maximum Gasteiger partial charge on any atom is 0.0634 e. The van der Waals surface area contributed by atoms with Crippen molar-refractivity contribution in [3.63, 3.8) is 0 Å². The van der Waals surface area contributed by atoms with Gasteiger partial charge < -0.3 is 0 Å². The molecule has 134 valence electrons. The fourth-order valence-electron chi connectivity index (χ4n) is 2.61. The van der Waals surface area contributed by atoms with Crippen LogP contribution < -0.4 is 0 Å². The Morgan fingerprint density at radius 3 is 1.08 bits per heavy atom. The van der Waals surface area contributed by atoms with Crippen LogP contribution in [0.4, 0.5) is 0 Å². The quantitative estimate of drug-likeness (QED) is 0.150.